The summed E-state index contributed by atoms with van der Waals surface area (Å²) in [5.74, 6) is -1.21. The van der Waals surface area contributed by atoms with E-state index in [4.69, 9.17) is 0 Å². The SMILES string of the molecule is C/C=C\C/C(=C\CC)NC(=O)CN(C)C(=O)C(CCCC)NC(=O)Cc1ccc(C(F)(F)F)cc1. The molecule has 0 radical (unpaired) electrons. The van der Waals surface area contributed by atoms with Crippen LogP contribution in [-0.2, 0) is 27.0 Å². The Morgan fingerprint density at radius 1 is 1.09 bits per heavy atom. The van der Waals surface area contributed by atoms with Crippen LogP contribution in [-0.4, -0.2) is 42.3 Å². The van der Waals surface area contributed by atoms with E-state index < -0.39 is 29.6 Å². The van der Waals surface area contributed by atoms with Gasteiger partial charge in [0.05, 0.1) is 18.5 Å². The van der Waals surface area contributed by atoms with E-state index in [9.17, 15) is 27.6 Å². The number of amides is 3. The molecule has 0 bridgehead atoms. The molecule has 1 unspecified atom stereocenters. The first-order valence-corrected chi connectivity index (χ1v) is 11.8. The van der Waals surface area contributed by atoms with Crippen LogP contribution in [0.2, 0.25) is 0 Å². The summed E-state index contributed by atoms with van der Waals surface area (Å²) >= 11 is 0. The number of allylic oxidation sites excluding steroid dienone is 3. The lowest BCUT2D eigenvalue weighted by molar-refractivity contribution is -0.138. The van der Waals surface area contributed by atoms with E-state index in [0.29, 0.717) is 24.8 Å². The average Bonchev–Trinajstić information content (AvgIpc) is 2.79. The Kier molecular flexibility index (Phi) is 12.8. The maximum Gasteiger partial charge on any atom is 0.416 e. The summed E-state index contributed by atoms with van der Waals surface area (Å²) in [6.45, 7) is 5.63. The molecule has 1 aromatic rings. The van der Waals surface area contributed by atoms with Crippen LogP contribution in [0.15, 0.2) is 48.2 Å². The van der Waals surface area contributed by atoms with Crippen molar-refractivity contribution >= 4 is 17.7 Å². The minimum Gasteiger partial charge on any atom is -0.344 e. The van der Waals surface area contributed by atoms with Gasteiger partial charge in [-0.2, -0.15) is 13.2 Å². The van der Waals surface area contributed by atoms with Crippen molar-refractivity contribution in [3.05, 3.63) is 59.3 Å². The van der Waals surface area contributed by atoms with Crippen molar-refractivity contribution in [3.63, 3.8) is 0 Å². The molecule has 0 spiro atoms. The highest BCUT2D eigenvalue weighted by atomic mass is 19.4. The molecule has 2 N–H and O–H groups in total. The number of alkyl halides is 3. The number of carbonyl (C=O) groups is 3. The second-order valence-corrected chi connectivity index (χ2v) is 8.29. The Morgan fingerprint density at radius 3 is 2.29 bits per heavy atom. The predicted molar refractivity (Wildman–Crippen MR) is 130 cm³/mol. The number of hydrogen-bond donors (Lipinski definition) is 2. The van der Waals surface area contributed by atoms with Crippen LogP contribution in [0.5, 0.6) is 0 Å². The Morgan fingerprint density at radius 2 is 1.74 bits per heavy atom. The van der Waals surface area contributed by atoms with Gasteiger partial charge in [-0.15, -0.1) is 0 Å². The molecule has 1 aromatic carbocycles. The van der Waals surface area contributed by atoms with Crippen LogP contribution in [0.4, 0.5) is 13.2 Å². The maximum absolute atomic E-state index is 13.0. The smallest absolute Gasteiger partial charge is 0.344 e. The molecule has 9 heteroatoms. The molecular formula is C26H36F3N3O3. The summed E-state index contributed by atoms with van der Waals surface area (Å²) in [5, 5.41) is 5.50. The van der Waals surface area contributed by atoms with Crippen molar-refractivity contribution in [2.75, 3.05) is 13.6 Å². The molecular weight excluding hydrogens is 459 g/mol. The van der Waals surface area contributed by atoms with Gasteiger partial charge in [0, 0.05) is 19.2 Å². The zero-order chi connectivity index (χ0) is 26.4. The van der Waals surface area contributed by atoms with Crippen molar-refractivity contribution in [3.8, 4) is 0 Å². The normalized spacial score (nSPS) is 12.9. The summed E-state index contributed by atoms with van der Waals surface area (Å²) in [6, 6.07) is 3.51. The summed E-state index contributed by atoms with van der Waals surface area (Å²) in [7, 11) is 1.50. The number of hydrogen-bond acceptors (Lipinski definition) is 3. The molecule has 0 aliphatic heterocycles. The number of rotatable bonds is 13. The van der Waals surface area contributed by atoms with Crippen molar-refractivity contribution < 1.29 is 27.6 Å². The van der Waals surface area contributed by atoms with Crippen LogP contribution in [0.25, 0.3) is 0 Å². The third-order valence-corrected chi connectivity index (χ3v) is 5.21. The quantitative estimate of drug-likeness (QED) is 0.388. The van der Waals surface area contributed by atoms with Crippen LogP contribution in [0, 0.1) is 0 Å². The minimum atomic E-state index is -4.45. The second-order valence-electron chi connectivity index (χ2n) is 8.29. The van der Waals surface area contributed by atoms with E-state index >= 15 is 0 Å². The number of unbranched alkanes of at least 4 members (excludes halogenated alkanes) is 1. The number of nitrogens with zero attached hydrogens (tertiary/aromatic N) is 1. The van der Waals surface area contributed by atoms with Gasteiger partial charge in [0.2, 0.25) is 17.7 Å². The highest BCUT2D eigenvalue weighted by Crippen LogP contribution is 2.29. The number of benzene rings is 1. The molecule has 0 aromatic heterocycles. The Balaban J connectivity index is 2.78. The molecule has 1 atom stereocenters. The minimum absolute atomic E-state index is 0.158. The van der Waals surface area contributed by atoms with Crippen molar-refractivity contribution in [1.82, 2.24) is 15.5 Å². The van der Waals surface area contributed by atoms with E-state index in [1.165, 1.54) is 24.1 Å². The Bertz CT molecular complexity index is 893. The fourth-order valence-corrected chi connectivity index (χ4v) is 3.36. The van der Waals surface area contributed by atoms with Crippen molar-refractivity contribution in [1.29, 1.82) is 0 Å². The largest absolute Gasteiger partial charge is 0.416 e. The molecule has 0 aliphatic carbocycles. The molecule has 0 aliphatic rings. The maximum atomic E-state index is 13.0. The standard InChI is InChI=1S/C26H36F3N3O3/c1-5-8-11-21(10-7-3)30-24(34)18-32(4)25(35)22(12-9-6-2)31-23(33)17-19-13-15-20(16-14-19)26(27,28)29/h5,8,10,13-16,22H,6-7,9,11-12,17-18H2,1-4H3,(H,30,34)(H,31,33)/b8-5-,21-10+. The van der Waals surface area contributed by atoms with Gasteiger partial charge in [-0.05, 0) is 37.5 Å². The lowest BCUT2D eigenvalue weighted by Gasteiger charge is -2.24. The average molecular weight is 496 g/mol. The van der Waals surface area contributed by atoms with Gasteiger partial charge in [-0.25, -0.2) is 0 Å². The highest BCUT2D eigenvalue weighted by molar-refractivity contribution is 5.91. The van der Waals surface area contributed by atoms with E-state index in [1.807, 2.05) is 39.0 Å². The van der Waals surface area contributed by atoms with Gasteiger partial charge >= 0.3 is 6.18 Å². The number of halogens is 3. The number of likely N-dealkylation sites (N-methyl/N-ethyl adjacent to an activating group) is 1. The van der Waals surface area contributed by atoms with Crippen LogP contribution < -0.4 is 10.6 Å². The Labute approximate surface area is 205 Å². The first-order chi connectivity index (χ1) is 16.5. The summed E-state index contributed by atoms with van der Waals surface area (Å²) in [6.07, 6.45) is 4.32. The van der Waals surface area contributed by atoms with Gasteiger partial charge in [0.1, 0.15) is 6.04 Å². The fourth-order valence-electron chi connectivity index (χ4n) is 3.36. The van der Waals surface area contributed by atoms with Crippen molar-refractivity contribution in [2.24, 2.45) is 0 Å². The predicted octanol–water partition coefficient (Wildman–Crippen LogP) is 4.76. The van der Waals surface area contributed by atoms with Crippen LogP contribution in [0.1, 0.15) is 64.0 Å². The molecule has 6 nitrogen and oxygen atoms in total. The first-order valence-electron chi connectivity index (χ1n) is 11.8. The molecule has 194 valence electrons. The lowest BCUT2D eigenvalue weighted by Crippen LogP contribution is -2.50. The first kappa shape index (κ1) is 29.9. The lowest BCUT2D eigenvalue weighted by atomic mass is 10.1. The van der Waals surface area contributed by atoms with Crippen LogP contribution >= 0.6 is 0 Å². The highest BCUT2D eigenvalue weighted by Gasteiger charge is 2.30. The molecule has 0 saturated heterocycles. The monoisotopic (exact) mass is 495 g/mol. The number of nitrogens with one attached hydrogen (secondary N) is 2. The van der Waals surface area contributed by atoms with Gasteiger partial charge in [0.25, 0.3) is 0 Å². The second kappa shape index (κ2) is 15.0. The van der Waals surface area contributed by atoms with Gasteiger partial charge in [-0.3, -0.25) is 14.4 Å². The molecule has 0 heterocycles. The molecule has 0 fully saturated rings. The van der Waals surface area contributed by atoms with Gasteiger partial charge < -0.3 is 15.5 Å². The topological polar surface area (TPSA) is 78.5 Å². The van der Waals surface area contributed by atoms with Gasteiger partial charge in [0.15, 0.2) is 0 Å². The van der Waals surface area contributed by atoms with Gasteiger partial charge in [-0.1, -0.05) is 57.0 Å². The third-order valence-electron chi connectivity index (χ3n) is 5.21. The van der Waals surface area contributed by atoms with E-state index in [2.05, 4.69) is 10.6 Å². The summed E-state index contributed by atoms with van der Waals surface area (Å²) in [5.41, 5.74) is 0.366. The zero-order valence-electron chi connectivity index (χ0n) is 20.9. The molecule has 3 amide bonds. The van der Waals surface area contributed by atoms with E-state index in [-0.39, 0.29) is 18.9 Å². The molecule has 1 rings (SSSR count). The Hall–Kier alpha value is -3.10. The zero-order valence-corrected chi connectivity index (χ0v) is 20.9. The molecule has 0 saturated carbocycles. The summed E-state index contributed by atoms with van der Waals surface area (Å²) in [4.78, 5) is 39.3. The summed E-state index contributed by atoms with van der Waals surface area (Å²) < 4.78 is 38.2. The van der Waals surface area contributed by atoms with E-state index in [0.717, 1.165) is 30.7 Å². The van der Waals surface area contributed by atoms with E-state index in [1.54, 1.807) is 0 Å². The number of carbonyl (C=O) groups excluding carboxylic acids is 3. The molecule has 35 heavy (non-hydrogen) atoms. The third kappa shape index (κ3) is 11.2. The van der Waals surface area contributed by atoms with Crippen LogP contribution in [0.3, 0.4) is 0 Å². The fraction of sp³-hybridized carbons (Fsp3) is 0.500. The van der Waals surface area contributed by atoms with Crippen molar-refractivity contribution in [2.45, 2.75) is 71.5 Å².